The van der Waals surface area contributed by atoms with E-state index in [9.17, 15) is 9.59 Å². The summed E-state index contributed by atoms with van der Waals surface area (Å²) in [6.07, 6.45) is 1.32. The molecule has 0 aliphatic rings. The molecular formula is C18H16ClN3O4. The molecule has 0 atom stereocenters. The first-order valence-corrected chi connectivity index (χ1v) is 8.07. The van der Waals surface area contributed by atoms with E-state index < -0.39 is 0 Å². The van der Waals surface area contributed by atoms with E-state index in [2.05, 4.69) is 10.3 Å². The van der Waals surface area contributed by atoms with Crippen molar-refractivity contribution < 1.29 is 14.3 Å². The number of halogens is 1. The van der Waals surface area contributed by atoms with Gasteiger partial charge in [-0.05, 0) is 18.2 Å². The van der Waals surface area contributed by atoms with Crippen LogP contribution in [0.2, 0.25) is 5.02 Å². The van der Waals surface area contributed by atoms with Gasteiger partial charge in [-0.15, -0.1) is 0 Å². The molecule has 0 radical (unpaired) electrons. The fraction of sp³-hybridized carbons (Fsp3) is 0.167. The van der Waals surface area contributed by atoms with E-state index >= 15 is 0 Å². The van der Waals surface area contributed by atoms with Gasteiger partial charge in [-0.1, -0.05) is 23.7 Å². The average molecular weight is 374 g/mol. The Morgan fingerprint density at radius 3 is 2.58 bits per heavy atom. The van der Waals surface area contributed by atoms with Crippen molar-refractivity contribution >= 4 is 34.1 Å². The largest absolute Gasteiger partial charge is 0.493 e. The van der Waals surface area contributed by atoms with E-state index in [1.54, 1.807) is 36.4 Å². The molecule has 0 unspecified atom stereocenters. The lowest BCUT2D eigenvalue weighted by atomic mass is 10.2. The molecule has 1 heterocycles. The Hall–Kier alpha value is -3.06. The fourth-order valence-corrected chi connectivity index (χ4v) is 2.69. The molecule has 2 aromatic carbocycles. The summed E-state index contributed by atoms with van der Waals surface area (Å²) >= 11 is 6.02. The molecule has 0 aliphatic carbocycles. The molecule has 0 aliphatic heterocycles. The van der Waals surface area contributed by atoms with Crippen LogP contribution in [-0.2, 0) is 11.3 Å². The molecule has 1 N–H and O–H groups in total. The highest BCUT2D eigenvalue weighted by Gasteiger charge is 2.13. The molecule has 0 bridgehead atoms. The summed E-state index contributed by atoms with van der Waals surface area (Å²) in [4.78, 5) is 29.1. The third-order valence-electron chi connectivity index (χ3n) is 3.79. The van der Waals surface area contributed by atoms with Gasteiger partial charge in [0.05, 0.1) is 42.2 Å². The van der Waals surface area contributed by atoms with E-state index in [0.717, 1.165) is 0 Å². The highest BCUT2D eigenvalue weighted by Crippen LogP contribution is 2.29. The summed E-state index contributed by atoms with van der Waals surface area (Å²) in [5.74, 6) is 0.500. The Labute approximate surface area is 154 Å². The van der Waals surface area contributed by atoms with Gasteiger partial charge < -0.3 is 14.8 Å². The van der Waals surface area contributed by atoms with Crippen LogP contribution < -0.4 is 20.3 Å². The topological polar surface area (TPSA) is 82.5 Å². The number of carbonyl (C=O) groups is 1. The van der Waals surface area contributed by atoms with Crippen LogP contribution in [0.15, 0.2) is 47.5 Å². The first kappa shape index (κ1) is 17.8. The number of methoxy groups -OCH3 is 2. The number of ether oxygens (including phenoxy) is 2. The third kappa shape index (κ3) is 3.48. The fourth-order valence-electron chi connectivity index (χ4n) is 2.51. The Balaban J connectivity index is 1.91. The summed E-state index contributed by atoms with van der Waals surface area (Å²) in [5, 5.41) is 3.42. The van der Waals surface area contributed by atoms with Crippen molar-refractivity contribution in [2.45, 2.75) is 6.54 Å². The zero-order valence-corrected chi connectivity index (χ0v) is 14.9. The van der Waals surface area contributed by atoms with Crippen molar-refractivity contribution in [3.05, 3.63) is 58.1 Å². The van der Waals surface area contributed by atoms with Crippen molar-refractivity contribution in [2.24, 2.45) is 0 Å². The van der Waals surface area contributed by atoms with E-state index in [4.69, 9.17) is 21.1 Å². The summed E-state index contributed by atoms with van der Waals surface area (Å²) in [6.45, 7) is -0.193. The standard InChI is InChI=1S/C18H16ClN3O4/c1-25-15-7-11-14(8-16(15)26-2)20-10-22(18(11)24)9-17(23)21-13-6-4-3-5-12(13)19/h3-8,10H,9H2,1-2H3,(H,21,23). The van der Waals surface area contributed by atoms with Crippen LogP contribution >= 0.6 is 11.6 Å². The van der Waals surface area contributed by atoms with Gasteiger partial charge in [0.1, 0.15) is 6.54 Å². The lowest BCUT2D eigenvalue weighted by molar-refractivity contribution is -0.116. The van der Waals surface area contributed by atoms with E-state index in [-0.39, 0.29) is 18.0 Å². The number of nitrogens with one attached hydrogen (secondary N) is 1. The van der Waals surface area contributed by atoms with Crippen LogP contribution in [0.25, 0.3) is 10.9 Å². The molecule has 0 saturated carbocycles. The Morgan fingerprint density at radius 2 is 1.88 bits per heavy atom. The van der Waals surface area contributed by atoms with Gasteiger partial charge in [0.15, 0.2) is 11.5 Å². The highest BCUT2D eigenvalue weighted by atomic mass is 35.5. The third-order valence-corrected chi connectivity index (χ3v) is 4.12. The molecule has 3 rings (SSSR count). The van der Waals surface area contributed by atoms with Crippen molar-refractivity contribution in [3.8, 4) is 11.5 Å². The maximum absolute atomic E-state index is 12.7. The summed E-state index contributed by atoms with van der Waals surface area (Å²) in [7, 11) is 2.99. The number of para-hydroxylation sites is 1. The van der Waals surface area contributed by atoms with E-state index in [1.165, 1.54) is 25.1 Å². The van der Waals surface area contributed by atoms with Crippen molar-refractivity contribution in [2.75, 3.05) is 19.5 Å². The number of rotatable bonds is 5. The van der Waals surface area contributed by atoms with Gasteiger partial charge in [-0.3, -0.25) is 14.2 Å². The second kappa shape index (κ2) is 7.45. The van der Waals surface area contributed by atoms with Crippen LogP contribution in [0, 0.1) is 0 Å². The van der Waals surface area contributed by atoms with Crippen LogP contribution in [0.5, 0.6) is 11.5 Å². The SMILES string of the molecule is COc1cc2ncn(CC(=O)Nc3ccccc3Cl)c(=O)c2cc1OC. The molecule has 1 aromatic heterocycles. The molecule has 8 heteroatoms. The predicted octanol–water partition coefficient (Wildman–Crippen LogP) is 2.71. The van der Waals surface area contributed by atoms with Gasteiger partial charge in [0.25, 0.3) is 5.56 Å². The summed E-state index contributed by atoms with van der Waals surface area (Å²) < 4.78 is 11.6. The van der Waals surface area contributed by atoms with Crippen LogP contribution in [0.4, 0.5) is 5.69 Å². The monoisotopic (exact) mass is 373 g/mol. The van der Waals surface area contributed by atoms with Crippen LogP contribution in [0.1, 0.15) is 0 Å². The minimum Gasteiger partial charge on any atom is -0.493 e. The molecule has 26 heavy (non-hydrogen) atoms. The molecule has 0 spiro atoms. The molecule has 0 fully saturated rings. The number of hydrogen-bond donors (Lipinski definition) is 1. The Kier molecular flexibility index (Phi) is 5.09. The number of amides is 1. The number of fused-ring (bicyclic) bond motifs is 1. The van der Waals surface area contributed by atoms with Gasteiger partial charge >= 0.3 is 0 Å². The molecule has 7 nitrogen and oxygen atoms in total. The average Bonchev–Trinajstić information content (AvgIpc) is 2.65. The minimum atomic E-state index is -0.387. The minimum absolute atomic E-state index is 0.193. The first-order valence-electron chi connectivity index (χ1n) is 7.69. The van der Waals surface area contributed by atoms with Gasteiger partial charge in [-0.25, -0.2) is 4.98 Å². The first-order chi connectivity index (χ1) is 12.5. The lowest BCUT2D eigenvalue weighted by Crippen LogP contribution is -2.28. The van der Waals surface area contributed by atoms with Crippen LogP contribution in [0.3, 0.4) is 0 Å². The molecule has 134 valence electrons. The molecule has 1 amide bonds. The van der Waals surface area contributed by atoms with Gasteiger partial charge in [0.2, 0.25) is 5.91 Å². The summed E-state index contributed by atoms with van der Waals surface area (Å²) in [5.41, 5.74) is 0.577. The predicted molar refractivity (Wildman–Crippen MR) is 99.2 cm³/mol. The van der Waals surface area contributed by atoms with Crippen LogP contribution in [-0.4, -0.2) is 29.7 Å². The zero-order chi connectivity index (χ0) is 18.7. The second-order valence-electron chi connectivity index (χ2n) is 5.43. The van der Waals surface area contributed by atoms with E-state index in [1.807, 2.05) is 0 Å². The van der Waals surface area contributed by atoms with E-state index in [0.29, 0.717) is 33.1 Å². The smallest absolute Gasteiger partial charge is 0.261 e. The lowest BCUT2D eigenvalue weighted by Gasteiger charge is -2.11. The molecule has 0 saturated heterocycles. The number of nitrogens with zero attached hydrogens (tertiary/aromatic N) is 2. The number of hydrogen-bond acceptors (Lipinski definition) is 5. The van der Waals surface area contributed by atoms with Crippen molar-refractivity contribution in [1.29, 1.82) is 0 Å². The highest BCUT2D eigenvalue weighted by molar-refractivity contribution is 6.33. The number of aromatic nitrogens is 2. The zero-order valence-electron chi connectivity index (χ0n) is 14.2. The van der Waals surface area contributed by atoms with Crippen molar-refractivity contribution in [1.82, 2.24) is 9.55 Å². The number of benzene rings is 2. The quantitative estimate of drug-likeness (QED) is 0.743. The summed E-state index contributed by atoms with van der Waals surface area (Å²) in [6, 6.07) is 10.0. The van der Waals surface area contributed by atoms with Crippen molar-refractivity contribution in [3.63, 3.8) is 0 Å². The Morgan fingerprint density at radius 1 is 1.19 bits per heavy atom. The molecular weight excluding hydrogens is 358 g/mol. The maximum atomic E-state index is 12.7. The maximum Gasteiger partial charge on any atom is 0.261 e. The normalized spacial score (nSPS) is 10.6. The second-order valence-corrected chi connectivity index (χ2v) is 5.84. The van der Waals surface area contributed by atoms with Gasteiger partial charge in [0, 0.05) is 6.07 Å². The van der Waals surface area contributed by atoms with Gasteiger partial charge in [-0.2, -0.15) is 0 Å². The number of carbonyl (C=O) groups excluding carboxylic acids is 1. The molecule has 3 aromatic rings. The number of anilines is 1. The Bertz CT molecular complexity index is 1030.